The predicted octanol–water partition coefficient (Wildman–Crippen LogP) is 2.40. The largest absolute Gasteiger partial charge is 0.378 e. The van der Waals surface area contributed by atoms with Gasteiger partial charge in [0, 0.05) is 29.8 Å². The Labute approximate surface area is 155 Å². The molecule has 2 amide bonds. The van der Waals surface area contributed by atoms with Gasteiger partial charge in [-0.05, 0) is 35.9 Å². The first-order valence-electron chi connectivity index (χ1n) is 7.59. The van der Waals surface area contributed by atoms with Crippen molar-refractivity contribution in [1.82, 2.24) is 10.7 Å². The highest BCUT2D eigenvalue weighted by Crippen LogP contribution is 2.11. The zero-order valence-corrected chi connectivity index (χ0v) is 15.6. The topological polar surface area (TPSA) is 73.8 Å². The van der Waals surface area contributed by atoms with Crippen molar-refractivity contribution in [2.24, 2.45) is 5.10 Å². The number of rotatable bonds is 6. The molecule has 2 aromatic carbocycles. The van der Waals surface area contributed by atoms with Gasteiger partial charge in [0.2, 0.25) is 0 Å². The fourth-order valence-electron chi connectivity index (χ4n) is 1.97. The van der Waals surface area contributed by atoms with Crippen molar-refractivity contribution in [2.45, 2.75) is 0 Å². The van der Waals surface area contributed by atoms with Crippen LogP contribution in [0.5, 0.6) is 0 Å². The maximum Gasteiger partial charge on any atom is 0.259 e. The highest BCUT2D eigenvalue weighted by Gasteiger charge is 2.07. The summed E-state index contributed by atoms with van der Waals surface area (Å²) in [7, 11) is 3.93. The van der Waals surface area contributed by atoms with Crippen LogP contribution in [0.25, 0.3) is 0 Å². The van der Waals surface area contributed by atoms with Crippen molar-refractivity contribution < 1.29 is 9.59 Å². The van der Waals surface area contributed by atoms with Gasteiger partial charge < -0.3 is 10.2 Å². The molecule has 0 radical (unpaired) electrons. The SMILES string of the molecule is CN(C)c1ccc(/C=N/NC(=O)CNC(=O)c2cccc(Br)c2)cc1. The second-order valence-corrected chi connectivity index (χ2v) is 6.39. The Hall–Kier alpha value is -2.67. The molecule has 7 heteroatoms. The van der Waals surface area contributed by atoms with Crippen LogP contribution in [-0.4, -0.2) is 38.7 Å². The fraction of sp³-hybridized carbons (Fsp3) is 0.167. The number of carbonyl (C=O) groups is 2. The van der Waals surface area contributed by atoms with Crippen molar-refractivity contribution in [2.75, 3.05) is 25.5 Å². The summed E-state index contributed by atoms with van der Waals surface area (Å²) in [6, 6.07) is 14.7. The number of halogens is 1. The van der Waals surface area contributed by atoms with Gasteiger partial charge in [0.25, 0.3) is 11.8 Å². The average Bonchev–Trinajstić information content (AvgIpc) is 2.60. The Balaban J connectivity index is 1.79. The van der Waals surface area contributed by atoms with E-state index < -0.39 is 5.91 Å². The van der Waals surface area contributed by atoms with E-state index in [0.717, 1.165) is 15.7 Å². The number of benzene rings is 2. The van der Waals surface area contributed by atoms with Crippen molar-refractivity contribution in [1.29, 1.82) is 0 Å². The van der Waals surface area contributed by atoms with E-state index in [1.165, 1.54) is 0 Å². The number of hydrogen-bond donors (Lipinski definition) is 2. The highest BCUT2D eigenvalue weighted by molar-refractivity contribution is 9.10. The van der Waals surface area contributed by atoms with Crippen LogP contribution in [-0.2, 0) is 4.79 Å². The molecular weight excluding hydrogens is 384 g/mol. The van der Waals surface area contributed by atoms with Crippen LogP contribution >= 0.6 is 15.9 Å². The predicted molar refractivity (Wildman–Crippen MR) is 103 cm³/mol. The lowest BCUT2D eigenvalue weighted by Crippen LogP contribution is -2.34. The normalized spacial score (nSPS) is 10.5. The van der Waals surface area contributed by atoms with Crippen LogP contribution < -0.4 is 15.6 Å². The van der Waals surface area contributed by atoms with E-state index in [1.54, 1.807) is 24.4 Å². The third-order valence-corrected chi connectivity index (χ3v) is 3.80. The molecule has 0 aliphatic carbocycles. The zero-order chi connectivity index (χ0) is 18.2. The van der Waals surface area contributed by atoms with E-state index in [2.05, 4.69) is 31.8 Å². The number of nitrogens with one attached hydrogen (secondary N) is 2. The van der Waals surface area contributed by atoms with Crippen LogP contribution in [0.3, 0.4) is 0 Å². The van der Waals surface area contributed by atoms with Crippen LogP contribution in [0.15, 0.2) is 58.1 Å². The summed E-state index contributed by atoms with van der Waals surface area (Å²) in [5, 5.41) is 6.43. The van der Waals surface area contributed by atoms with Crippen LogP contribution in [0.2, 0.25) is 0 Å². The third kappa shape index (κ3) is 6.04. The van der Waals surface area contributed by atoms with E-state index >= 15 is 0 Å². The molecule has 0 unspecified atom stereocenters. The van der Waals surface area contributed by atoms with Gasteiger partial charge in [-0.3, -0.25) is 9.59 Å². The monoisotopic (exact) mass is 402 g/mol. The number of anilines is 1. The second kappa shape index (κ2) is 8.98. The van der Waals surface area contributed by atoms with Crippen molar-refractivity contribution >= 4 is 39.6 Å². The summed E-state index contributed by atoms with van der Waals surface area (Å²) in [6.45, 7) is -0.151. The minimum absolute atomic E-state index is 0.151. The molecule has 0 bridgehead atoms. The van der Waals surface area contributed by atoms with E-state index in [4.69, 9.17) is 0 Å². The number of amides is 2. The second-order valence-electron chi connectivity index (χ2n) is 5.47. The molecule has 0 spiro atoms. The molecule has 0 fully saturated rings. The molecule has 0 saturated carbocycles. The highest BCUT2D eigenvalue weighted by atomic mass is 79.9. The maximum atomic E-state index is 11.9. The third-order valence-electron chi connectivity index (χ3n) is 3.31. The Morgan fingerprint density at radius 2 is 1.88 bits per heavy atom. The molecule has 0 aliphatic rings. The molecule has 0 aromatic heterocycles. The molecule has 2 aromatic rings. The van der Waals surface area contributed by atoms with Gasteiger partial charge in [-0.1, -0.05) is 34.1 Å². The van der Waals surface area contributed by atoms with E-state index in [9.17, 15) is 9.59 Å². The molecule has 2 N–H and O–H groups in total. The fourth-order valence-corrected chi connectivity index (χ4v) is 2.37. The molecule has 0 saturated heterocycles. The van der Waals surface area contributed by atoms with Crippen molar-refractivity contribution in [3.8, 4) is 0 Å². The smallest absolute Gasteiger partial charge is 0.259 e. The van der Waals surface area contributed by atoms with Crippen LogP contribution in [0, 0.1) is 0 Å². The minimum Gasteiger partial charge on any atom is -0.378 e. The Morgan fingerprint density at radius 1 is 1.16 bits per heavy atom. The summed E-state index contributed by atoms with van der Waals surface area (Å²) in [5.74, 6) is -0.718. The van der Waals surface area contributed by atoms with E-state index in [-0.39, 0.29) is 12.5 Å². The zero-order valence-electron chi connectivity index (χ0n) is 14.0. The standard InChI is InChI=1S/C18H19BrN4O2/c1-23(2)16-8-6-13(7-9-16)11-21-22-17(24)12-20-18(25)14-4-3-5-15(19)10-14/h3-11H,12H2,1-2H3,(H,20,25)(H,22,24)/b21-11+. The summed E-state index contributed by atoms with van der Waals surface area (Å²) >= 11 is 3.30. The molecule has 25 heavy (non-hydrogen) atoms. The molecule has 0 heterocycles. The van der Waals surface area contributed by atoms with Gasteiger partial charge >= 0.3 is 0 Å². The van der Waals surface area contributed by atoms with Gasteiger partial charge in [0.05, 0.1) is 12.8 Å². The number of carbonyl (C=O) groups excluding carboxylic acids is 2. The van der Waals surface area contributed by atoms with Crippen molar-refractivity contribution in [3.63, 3.8) is 0 Å². The maximum absolute atomic E-state index is 11.9. The lowest BCUT2D eigenvalue weighted by Gasteiger charge is -2.11. The Bertz CT molecular complexity index is 773. The molecule has 0 atom stereocenters. The van der Waals surface area contributed by atoms with E-state index in [0.29, 0.717) is 5.56 Å². The molecule has 0 aliphatic heterocycles. The number of hydrazone groups is 1. The Morgan fingerprint density at radius 3 is 2.52 bits per heavy atom. The van der Waals surface area contributed by atoms with Gasteiger partial charge in [-0.15, -0.1) is 0 Å². The lowest BCUT2D eigenvalue weighted by molar-refractivity contribution is -0.120. The van der Waals surface area contributed by atoms with Gasteiger partial charge in [0.1, 0.15) is 0 Å². The summed E-state index contributed by atoms with van der Waals surface area (Å²) in [6.07, 6.45) is 1.55. The summed E-state index contributed by atoms with van der Waals surface area (Å²) < 4.78 is 0.800. The van der Waals surface area contributed by atoms with Gasteiger partial charge in [0.15, 0.2) is 0 Å². The quantitative estimate of drug-likeness (QED) is 0.575. The van der Waals surface area contributed by atoms with Crippen molar-refractivity contribution in [3.05, 3.63) is 64.1 Å². The van der Waals surface area contributed by atoms with Crippen LogP contribution in [0.4, 0.5) is 5.69 Å². The first kappa shape index (κ1) is 18.7. The summed E-state index contributed by atoms with van der Waals surface area (Å²) in [5.41, 5.74) is 4.81. The Kier molecular flexibility index (Phi) is 6.71. The lowest BCUT2D eigenvalue weighted by atomic mass is 10.2. The number of hydrogen-bond acceptors (Lipinski definition) is 4. The van der Waals surface area contributed by atoms with E-state index in [1.807, 2.05) is 49.3 Å². The molecular formula is C18H19BrN4O2. The van der Waals surface area contributed by atoms with Crippen LogP contribution in [0.1, 0.15) is 15.9 Å². The molecule has 6 nitrogen and oxygen atoms in total. The first-order chi connectivity index (χ1) is 12.0. The molecule has 2 rings (SSSR count). The summed E-state index contributed by atoms with van der Waals surface area (Å²) in [4.78, 5) is 25.6. The molecule has 130 valence electrons. The van der Waals surface area contributed by atoms with Gasteiger partial charge in [-0.25, -0.2) is 5.43 Å². The average molecular weight is 403 g/mol. The minimum atomic E-state index is -0.399. The first-order valence-corrected chi connectivity index (χ1v) is 8.38. The van der Waals surface area contributed by atoms with Gasteiger partial charge in [-0.2, -0.15) is 5.10 Å². The number of nitrogens with zero attached hydrogens (tertiary/aromatic N) is 2.